The van der Waals surface area contributed by atoms with Crippen molar-refractivity contribution in [1.82, 2.24) is 23.3 Å². The smallest absolute Gasteiger partial charge is 0.335 e. The molecule has 11 nitrogen and oxygen atoms in total. The number of morpholine rings is 1. The van der Waals surface area contributed by atoms with E-state index in [9.17, 15) is 22.8 Å². The first-order valence-corrected chi connectivity index (χ1v) is 12.8. The van der Waals surface area contributed by atoms with E-state index in [-0.39, 0.29) is 38.5 Å². The summed E-state index contributed by atoms with van der Waals surface area (Å²) in [6.45, 7) is 5.54. The van der Waals surface area contributed by atoms with Gasteiger partial charge in [0.05, 0.1) is 25.4 Å². The van der Waals surface area contributed by atoms with Crippen LogP contribution in [0.4, 0.5) is 4.79 Å². The zero-order chi connectivity index (χ0) is 23.0. The van der Waals surface area contributed by atoms with Crippen molar-refractivity contribution in [3.63, 3.8) is 0 Å². The van der Waals surface area contributed by atoms with E-state index in [2.05, 4.69) is 0 Å². The minimum atomic E-state index is -3.62. The van der Waals surface area contributed by atoms with Crippen molar-refractivity contribution >= 4 is 39.4 Å². The van der Waals surface area contributed by atoms with Crippen molar-refractivity contribution in [1.29, 1.82) is 0 Å². The fourth-order valence-corrected chi connectivity index (χ4v) is 6.60. The van der Waals surface area contributed by atoms with Crippen LogP contribution in [-0.4, -0.2) is 108 Å². The number of urea groups is 1. The van der Waals surface area contributed by atoms with Gasteiger partial charge in [0.15, 0.2) is 0 Å². The molecule has 0 bridgehead atoms. The third kappa shape index (κ3) is 4.58. The van der Waals surface area contributed by atoms with Crippen LogP contribution in [0.3, 0.4) is 0 Å². The molecule has 13 heteroatoms. The van der Waals surface area contributed by atoms with Gasteiger partial charge in [-0.15, -0.1) is 11.3 Å². The van der Waals surface area contributed by atoms with Crippen molar-refractivity contribution < 1.29 is 27.5 Å². The predicted octanol–water partition coefficient (Wildman–Crippen LogP) is -0.0320. The van der Waals surface area contributed by atoms with Gasteiger partial charge in [0.25, 0.3) is 10.2 Å². The summed E-state index contributed by atoms with van der Waals surface area (Å²) in [5, 5.41) is 1.84. The van der Waals surface area contributed by atoms with Crippen LogP contribution in [0.15, 0.2) is 17.5 Å². The Morgan fingerprint density at radius 3 is 2.19 bits per heavy atom. The maximum atomic E-state index is 13.0. The Balaban J connectivity index is 1.34. The monoisotopic (exact) mass is 485 g/mol. The number of nitrogens with zero attached hydrogens (tertiary/aromatic N) is 5. The first-order valence-electron chi connectivity index (χ1n) is 10.5. The summed E-state index contributed by atoms with van der Waals surface area (Å²) in [7, 11) is -3.62. The van der Waals surface area contributed by atoms with E-state index in [0.29, 0.717) is 26.2 Å². The summed E-state index contributed by atoms with van der Waals surface area (Å²) in [5.41, 5.74) is 0. The maximum Gasteiger partial charge on any atom is 0.335 e. The molecule has 3 fully saturated rings. The Labute approximate surface area is 191 Å². The molecule has 0 spiro atoms. The van der Waals surface area contributed by atoms with E-state index >= 15 is 0 Å². The van der Waals surface area contributed by atoms with Crippen LogP contribution >= 0.6 is 11.3 Å². The maximum absolute atomic E-state index is 13.0. The number of imide groups is 2. The molecule has 1 aromatic rings. The van der Waals surface area contributed by atoms with Crippen molar-refractivity contribution in [3.05, 3.63) is 22.4 Å². The van der Waals surface area contributed by atoms with Crippen molar-refractivity contribution in [2.45, 2.75) is 32.6 Å². The molecule has 0 saturated carbocycles. The standard InChI is InChI=1S/C19H27N5O6S2/c1-14-10-22(11-15(2)30-14)32(28,29)21-7-5-20(6-8-21)13-24-18(26)17(25)23(19(24)27)12-16-4-3-9-31-16/h3-4,9,14-15H,5-8,10-13H2,1-2H3/t14-,15-/m0/s1. The molecule has 3 aliphatic rings. The first kappa shape index (κ1) is 23.3. The number of carbonyl (C=O) groups is 3. The molecule has 0 N–H and O–H groups in total. The van der Waals surface area contributed by atoms with Gasteiger partial charge in [0, 0.05) is 44.1 Å². The SMILES string of the molecule is C[C@H]1CN(S(=O)(=O)N2CCN(CN3C(=O)C(=O)N(Cc4cccs4)C3=O)CC2)C[C@H](C)O1. The second-order valence-corrected chi connectivity index (χ2v) is 11.2. The summed E-state index contributed by atoms with van der Waals surface area (Å²) < 4.78 is 34.6. The van der Waals surface area contributed by atoms with Crippen LogP contribution < -0.4 is 0 Å². The summed E-state index contributed by atoms with van der Waals surface area (Å²) >= 11 is 1.41. The minimum Gasteiger partial charge on any atom is -0.373 e. The number of hydrogen-bond acceptors (Lipinski definition) is 8. The van der Waals surface area contributed by atoms with Gasteiger partial charge in [-0.2, -0.15) is 17.0 Å². The fraction of sp³-hybridized carbons (Fsp3) is 0.632. The topological polar surface area (TPSA) is 111 Å². The van der Waals surface area contributed by atoms with Crippen molar-refractivity contribution in [2.75, 3.05) is 45.9 Å². The number of thiophene rings is 1. The molecular weight excluding hydrogens is 458 g/mol. The number of rotatable bonds is 6. The molecule has 32 heavy (non-hydrogen) atoms. The van der Waals surface area contributed by atoms with E-state index in [1.165, 1.54) is 19.9 Å². The number of amides is 4. The third-order valence-electron chi connectivity index (χ3n) is 5.74. The molecule has 1 aromatic heterocycles. The Kier molecular flexibility index (Phi) is 6.66. The van der Waals surface area contributed by atoms with Crippen LogP contribution in [0.25, 0.3) is 0 Å². The van der Waals surface area contributed by atoms with Gasteiger partial charge in [0.2, 0.25) is 0 Å². The van der Waals surface area contributed by atoms with Gasteiger partial charge >= 0.3 is 17.8 Å². The summed E-state index contributed by atoms with van der Waals surface area (Å²) in [6.07, 6.45) is -0.340. The Hall–Kier alpha value is -1.90. The van der Waals surface area contributed by atoms with E-state index in [0.717, 1.165) is 14.7 Å². The van der Waals surface area contributed by atoms with Gasteiger partial charge in [-0.3, -0.25) is 19.4 Å². The van der Waals surface area contributed by atoms with Gasteiger partial charge in [-0.25, -0.2) is 9.69 Å². The molecule has 3 aliphatic heterocycles. The number of carbonyl (C=O) groups excluding carboxylic acids is 3. The molecule has 176 valence electrons. The quantitative estimate of drug-likeness (QED) is 0.411. The molecule has 4 heterocycles. The van der Waals surface area contributed by atoms with Crippen LogP contribution in [0.5, 0.6) is 0 Å². The average Bonchev–Trinajstić information content (AvgIpc) is 3.33. The molecule has 3 saturated heterocycles. The lowest BCUT2D eigenvalue weighted by atomic mass is 10.3. The largest absolute Gasteiger partial charge is 0.373 e. The normalized spacial score (nSPS) is 27.0. The molecule has 0 unspecified atom stereocenters. The van der Waals surface area contributed by atoms with Gasteiger partial charge < -0.3 is 4.74 Å². The molecule has 0 aliphatic carbocycles. The van der Waals surface area contributed by atoms with E-state index in [1.54, 1.807) is 6.07 Å². The lowest BCUT2D eigenvalue weighted by molar-refractivity contribution is -0.144. The van der Waals surface area contributed by atoms with E-state index in [4.69, 9.17) is 4.74 Å². The Morgan fingerprint density at radius 2 is 1.59 bits per heavy atom. The highest BCUT2D eigenvalue weighted by Gasteiger charge is 2.45. The van der Waals surface area contributed by atoms with Crippen molar-refractivity contribution in [2.24, 2.45) is 0 Å². The highest BCUT2D eigenvalue weighted by atomic mass is 32.2. The van der Waals surface area contributed by atoms with Crippen LogP contribution in [0.1, 0.15) is 18.7 Å². The lowest BCUT2D eigenvalue weighted by Crippen LogP contribution is -2.58. The van der Waals surface area contributed by atoms with Gasteiger partial charge in [-0.1, -0.05) is 6.07 Å². The number of piperazine rings is 1. The molecule has 4 rings (SSSR count). The average molecular weight is 486 g/mol. The highest BCUT2D eigenvalue weighted by Crippen LogP contribution is 2.21. The third-order valence-corrected chi connectivity index (χ3v) is 8.57. The van der Waals surface area contributed by atoms with Crippen LogP contribution in [-0.2, 0) is 31.1 Å². The fourth-order valence-electron chi connectivity index (χ4n) is 4.16. The Bertz CT molecular complexity index is 966. The van der Waals surface area contributed by atoms with Gasteiger partial charge in [0.1, 0.15) is 0 Å². The lowest BCUT2D eigenvalue weighted by Gasteiger charge is -2.40. The Morgan fingerprint density at radius 1 is 0.969 bits per heavy atom. The predicted molar refractivity (Wildman–Crippen MR) is 116 cm³/mol. The first-order chi connectivity index (χ1) is 15.2. The number of hydrogen-bond donors (Lipinski definition) is 0. The van der Waals surface area contributed by atoms with Gasteiger partial charge in [-0.05, 0) is 25.3 Å². The summed E-state index contributed by atoms with van der Waals surface area (Å²) in [4.78, 5) is 41.9. The molecule has 0 aromatic carbocycles. The molecule has 2 atom stereocenters. The van der Waals surface area contributed by atoms with Crippen LogP contribution in [0.2, 0.25) is 0 Å². The zero-order valence-electron chi connectivity index (χ0n) is 18.0. The number of ether oxygens (including phenoxy) is 1. The van der Waals surface area contributed by atoms with E-state index < -0.39 is 28.1 Å². The second-order valence-electron chi connectivity index (χ2n) is 8.23. The summed E-state index contributed by atoms with van der Waals surface area (Å²) in [5.74, 6) is -1.68. The second kappa shape index (κ2) is 9.15. The van der Waals surface area contributed by atoms with Crippen molar-refractivity contribution in [3.8, 4) is 0 Å². The zero-order valence-corrected chi connectivity index (χ0v) is 19.7. The summed E-state index contributed by atoms with van der Waals surface area (Å²) in [6, 6.07) is 2.98. The molecule has 4 amide bonds. The minimum absolute atomic E-state index is 0.0378. The highest BCUT2D eigenvalue weighted by molar-refractivity contribution is 7.86. The van der Waals surface area contributed by atoms with Crippen LogP contribution in [0, 0.1) is 0 Å². The molecule has 0 radical (unpaired) electrons. The van der Waals surface area contributed by atoms with E-state index in [1.807, 2.05) is 30.2 Å². The molecular formula is C19H27N5O6S2.